The van der Waals surface area contributed by atoms with Gasteiger partial charge in [-0.3, -0.25) is 9.59 Å². The van der Waals surface area contributed by atoms with Crippen LogP contribution < -0.4 is 10.2 Å². The van der Waals surface area contributed by atoms with Gasteiger partial charge < -0.3 is 19.5 Å². The van der Waals surface area contributed by atoms with Crippen LogP contribution in [0.2, 0.25) is 0 Å². The summed E-state index contributed by atoms with van der Waals surface area (Å²) in [4.78, 5) is 27.5. The van der Waals surface area contributed by atoms with E-state index in [4.69, 9.17) is 4.74 Å². The summed E-state index contributed by atoms with van der Waals surface area (Å²) in [6, 6.07) is 15.9. The second-order valence-corrected chi connectivity index (χ2v) is 8.29. The lowest BCUT2D eigenvalue weighted by molar-refractivity contribution is -0.122. The molecule has 0 saturated carbocycles. The van der Waals surface area contributed by atoms with Gasteiger partial charge >= 0.3 is 0 Å². The second-order valence-electron chi connectivity index (χ2n) is 8.29. The van der Waals surface area contributed by atoms with Crippen LogP contribution in [0.1, 0.15) is 30.9 Å². The molecule has 2 amide bonds. The highest BCUT2D eigenvalue weighted by molar-refractivity contribution is 6.36. The third-order valence-electron chi connectivity index (χ3n) is 6.26. The molecular formula is C26H27N3O3. The fourth-order valence-electron chi connectivity index (χ4n) is 4.68. The zero-order valence-corrected chi connectivity index (χ0v) is 18.2. The van der Waals surface area contributed by atoms with E-state index in [-0.39, 0.29) is 24.5 Å². The summed E-state index contributed by atoms with van der Waals surface area (Å²) in [6.45, 7) is 4.16. The normalized spacial score (nSPS) is 19.2. The average molecular weight is 430 g/mol. The number of aromatic nitrogens is 1. The number of carbonyl (C=O) groups excluding carboxylic acids is 2. The van der Waals surface area contributed by atoms with Crippen molar-refractivity contribution >= 4 is 40.1 Å². The van der Waals surface area contributed by atoms with Crippen molar-refractivity contribution < 1.29 is 14.3 Å². The number of para-hydroxylation sites is 2. The maximum atomic E-state index is 13.1. The van der Waals surface area contributed by atoms with Gasteiger partial charge in [-0.2, -0.15) is 0 Å². The number of carbonyl (C=O) groups is 2. The highest BCUT2D eigenvalue weighted by Gasteiger charge is 2.31. The summed E-state index contributed by atoms with van der Waals surface area (Å²) in [7, 11) is 0. The summed E-state index contributed by atoms with van der Waals surface area (Å²) in [6.07, 6.45) is 6.09. The van der Waals surface area contributed by atoms with Gasteiger partial charge in [0.05, 0.1) is 11.8 Å². The molecule has 1 saturated heterocycles. The lowest BCUT2D eigenvalue weighted by atomic mass is 10.0. The van der Waals surface area contributed by atoms with Gasteiger partial charge in [0.2, 0.25) is 5.91 Å². The van der Waals surface area contributed by atoms with Gasteiger partial charge in [0.25, 0.3) is 5.91 Å². The zero-order chi connectivity index (χ0) is 22.1. The number of hydrogen-bond acceptors (Lipinski definition) is 3. The monoisotopic (exact) mass is 429 g/mol. The van der Waals surface area contributed by atoms with E-state index in [1.165, 1.54) is 0 Å². The van der Waals surface area contributed by atoms with Crippen molar-refractivity contribution in [2.24, 2.45) is 0 Å². The molecule has 1 fully saturated rings. The Bertz CT molecular complexity index is 1200. The molecule has 0 aliphatic carbocycles. The third kappa shape index (κ3) is 3.71. The predicted molar refractivity (Wildman–Crippen MR) is 126 cm³/mol. The summed E-state index contributed by atoms with van der Waals surface area (Å²) >= 11 is 0. The van der Waals surface area contributed by atoms with E-state index >= 15 is 0 Å². The van der Waals surface area contributed by atoms with Gasteiger partial charge in [-0.05, 0) is 38.0 Å². The molecule has 1 atom stereocenters. The van der Waals surface area contributed by atoms with Crippen molar-refractivity contribution in [3.05, 3.63) is 65.9 Å². The molecule has 6 nitrogen and oxygen atoms in total. The van der Waals surface area contributed by atoms with Crippen molar-refractivity contribution in [3.8, 4) is 0 Å². The molecule has 2 aliphatic heterocycles. The minimum atomic E-state index is -0.0418. The molecule has 0 unspecified atom stereocenters. The lowest BCUT2D eigenvalue weighted by Gasteiger charge is -2.13. The summed E-state index contributed by atoms with van der Waals surface area (Å²) in [5.41, 5.74) is 4.49. The molecule has 2 aromatic carbocycles. The summed E-state index contributed by atoms with van der Waals surface area (Å²) in [5.74, 6) is -0.0280. The number of nitrogens with zero attached hydrogens (tertiary/aromatic N) is 2. The van der Waals surface area contributed by atoms with Crippen LogP contribution in [-0.4, -0.2) is 42.2 Å². The number of ether oxygens (including phenoxy) is 1. The van der Waals surface area contributed by atoms with Crippen LogP contribution in [-0.2, 0) is 20.9 Å². The van der Waals surface area contributed by atoms with Crippen LogP contribution in [0.5, 0.6) is 0 Å². The number of nitrogens with one attached hydrogen (secondary N) is 1. The van der Waals surface area contributed by atoms with Crippen molar-refractivity contribution in [2.75, 3.05) is 24.6 Å². The Hall–Kier alpha value is -3.38. The quantitative estimate of drug-likeness (QED) is 0.606. The number of rotatable bonds is 6. The first-order chi connectivity index (χ1) is 15.7. The molecule has 0 bridgehead atoms. The van der Waals surface area contributed by atoms with Gasteiger partial charge in [0, 0.05) is 53.5 Å². The molecule has 0 spiro atoms. The first-order valence-corrected chi connectivity index (χ1v) is 11.2. The van der Waals surface area contributed by atoms with Crippen molar-refractivity contribution in [3.63, 3.8) is 0 Å². The Balaban J connectivity index is 1.45. The SMILES string of the molecule is CCN1C(=O)/C(=C/c2cn(CC(=O)NC[C@H]3CCCO3)c3ccccc23)c2ccccc21. The molecule has 1 N–H and O–H groups in total. The molecule has 2 aliphatic rings. The smallest absolute Gasteiger partial charge is 0.258 e. The number of fused-ring (bicyclic) bond motifs is 2. The number of anilines is 1. The van der Waals surface area contributed by atoms with Gasteiger partial charge in [0.15, 0.2) is 0 Å². The number of amides is 2. The van der Waals surface area contributed by atoms with Gasteiger partial charge in [-0.1, -0.05) is 36.4 Å². The lowest BCUT2D eigenvalue weighted by Crippen LogP contribution is -2.34. The van der Waals surface area contributed by atoms with Crippen molar-refractivity contribution in [2.45, 2.75) is 32.4 Å². The van der Waals surface area contributed by atoms with Crippen LogP contribution in [0.25, 0.3) is 22.6 Å². The minimum Gasteiger partial charge on any atom is -0.376 e. The highest BCUT2D eigenvalue weighted by atomic mass is 16.5. The number of hydrogen-bond donors (Lipinski definition) is 1. The van der Waals surface area contributed by atoms with Gasteiger partial charge in [0.1, 0.15) is 6.54 Å². The maximum absolute atomic E-state index is 13.1. The molecule has 6 heteroatoms. The fourth-order valence-corrected chi connectivity index (χ4v) is 4.68. The Labute approximate surface area is 187 Å². The molecule has 5 rings (SSSR count). The average Bonchev–Trinajstić information content (AvgIpc) is 3.51. The van der Waals surface area contributed by atoms with Gasteiger partial charge in [-0.25, -0.2) is 0 Å². The minimum absolute atomic E-state index is 0.0137. The van der Waals surface area contributed by atoms with Crippen LogP contribution in [0, 0.1) is 0 Å². The topological polar surface area (TPSA) is 63.6 Å². The van der Waals surface area contributed by atoms with Crippen LogP contribution in [0.4, 0.5) is 5.69 Å². The van der Waals surface area contributed by atoms with Crippen molar-refractivity contribution in [1.82, 2.24) is 9.88 Å². The van der Waals surface area contributed by atoms with E-state index in [1.54, 1.807) is 4.90 Å². The van der Waals surface area contributed by atoms with E-state index in [1.807, 2.05) is 72.3 Å². The van der Waals surface area contributed by atoms with Crippen LogP contribution >= 0.6 is 0 Å². The number of benzene rings is 2. The van der Waals surface area contributed by atoms with E-state index < -0.39 is 0 Å². The first kappa shape index (κ1) is 20.5. The van der Waals surface area contributed by atoms with E-state index in [0.29, 0.717) is 18.7 Å². The Morgan fingerprint density at radius 3 is 2.81 bits per heavy atom. The van der Waals surface area contributed by atoms with Gasteiger partial charge in [-0.15, -0.1) is 0 Å². The van der Waals surface area contributed by atoms with E-state index in [9.17, 15) is 9.59 Å². The van der Waals surface area contributed by atoms with Crippen molar-refractivity contribution in [1.29, 1.82) is 0 Å². The highest BCUT2D eigenvalue weighted by Crippen LogP contribution is 2.38. The van der Waals surface area contributed by atoms with Crippen LogP contribution in [0.15, 0.2) is 54.7 Å². The standard InChI is InChI=1S/C26H27N3O3/c1-2-29-24-12-6-4-10-21(24)22(26(29)31)14-18-16-28(23-11-5-3-9-20(18)23)17-25(30)27-15-19-8-7-13-32-19/h3-6,9-12,14,16,19H,2,7-8,13,15,17H2,1H3,(H,27,30)/b22-14+/t19-/m1/s1. The van der Waals surface area contributed by atoms with E-state index in [0.717, 1.165) is 47.2 Å². The summed E-state index contributed by atoms with van der Waals surface area (Å²) < 4.78 is 7.55. The molecule has 164 valence electrons. The predicted octanol–water partition coefficient (Wildman–Crippen LogP) is 3.84. The summed E-state index contributed by atoms with van der Waals surface area (Å²) in [5, 5.41) is 4.01. The molecule has 0 radical (unpaired) electrons. The first-order valence-electron chi connectivity index (χ1n) is 11.2. The van der Waals surface area contributed by atoms with E-state index in [2.05, 4.69) is 5.32 Å². The molecule has 32 heavy (non-hydrogen) atoms. The zero-order valence-electron chi connectivity index (χ0n) is 18.2. The Morgan fingerprint density at radius 2 is 2.00 bits per heavy atom. The maximum Gasteiger partial charge on any atom is 0.258 e. The third-order valence-corrected chi connectivity index (χ3v) is 6.26. The second kappa shape index (κ2) is 8.63. The number of likely N-dealkylation sites (N-methyl/N-ethyl adjacent to an activating group) is 1. The molecule has 1 aromatic heterocycles. The molecular weight excluding hydrogens is 402 g/mol. The largest absolute Gasteiger partial charge is 0.376 e. The molecule has 3 aromatic rings. The Kier molecular flexibility index (Phi) is 5.53. The fraction of sp³-hybridized carbons (Fsp3) is 0.308. The molecule has 3 heterocycles. The Morgan fingerprint density at radius 1 is 1.19 bits per heavy atom. The van der Waals surface area contributed by atoms with Crippen LogP contribution in [0.3, 0.4) is 0 Å².